The summed E-state index contributed by atoms with van der Waals surface area (Å²) < 4.78 is 36.6. The zero-order valence-electron chi connectivity index (χ0n) is 11.0. The molecular formula is C12H17NO5S. The first kappa shape index (κ1) is 15.5. The number of hydrogen-bond acceptors (Lipinski definition) is 4. The third kappa shape index (κ3) is 3.93. The number of benzene rings is 1. The van der Waals surface area contributed by atoms with Gasteiger partial charge in [0.05, 0.1) is 12.8 Å². The van der Waals surface area contributed by atoms with Gasteiger partial charge in [0.25, 0.3) is 10.1 Å². The highest BCUT2D eigenvalue weighted by Gasteiger charge is 2.20. The van der Waals surface area contributed by atoms with Gasteiger partial charge in [0.1, 0.15) is 10.6 Å². The van der Waals surface area contributed by atoms with Gasteiger partial charge < -0.3 is 10.1 Å². The molecular weight excluding hydrogens is 270 g/mol. The molecule has 106 valence electrons. The van der Waals surface area contributed by atoms with Crippen molar-refractivity contribution in [1.29, 1.82) is 0 Å². The zero-order valence-corrected chi connectivity index (χ0v) is 11.8. The predicted molar refractivity (Wildman–Crippen MR) is 70.9 cm³/mol. The van der Waals surface area contributed by atoms with Gasteiger partial charge in [0, 0.05) is 12.0 Å². The number of rotatable bonds is 5. The van der Waals surface area contributed by atoms with Crippen LogP contribution in [0.1, 0.15) is 20.3 Å². The van der Waals surface area contributed by atoms with Crippen molar-refractivity contribution in [2.45, 2.75) is 25.2 Å². The molecule has 1 atom stereocenters. The molecule has 0 aliphatic carbocycles. The fourth-order valence-electron chi connectivity index (χ4n) is 1.39. The number of nitrogens with one attached hydrogen (secondary N) is 1. The Balaban J connectivity index is 3.17. The van der Waals surface area contributed by atoms with Crippen molar-refractivity contribution in [1.82, 2.24) is 0 Å². The van der Waals surface area contributed by atoms with Crippen molar-refractivity contribution < 1.29 is 22.5 Å². The maximum absolute atomic E-state index is 11.8. The standard InChI is InChI=1S/C12H17NO5S/c1-4-8(2)12(14)13-10-6-5-9(18-3)7-11(10)19(15,16)17/h5-8H,4H2,1-3H3,(H,13,14)(H,15,16,17). The lowest BCUT2D eigenvalue weighted by Crippen LogP contribution is -2.21. The van der Waals surface area contributed by atoms with Crippen LogP contribution in [0.25, 0.3) is 0 Å². The molecule has 0 aliphatic heterocycles. The smallest absolute Gasteiger partial charge is 0.296 e. The van der Waals surface area contributed by atoms with Crippen molar-refractivity contribution in [2.75, 3.05) is 12.4 Å². The van der Waals surface area contributed by atoms with Crippen LogP contribution in [-0.4, -0.2) is 26.0 Å². The average molecular weight is 287 g/mol. The minimum absolute atomic E-state index is 0.0357. The molecule has 0 aromatic heterocycles. The van der Waals surface area contributed by atoms with Crippen LogP contribution >= 0.6 is 0 Å². The van der Waals surface area contributed by atoms with E-state index >= 15 is 0 Å². The molecule has 1 rings (SSSR count). The number of carbonyl (C=O) groups is 1. The molecule has 0 saturated heterocycles. The molecule has 0 spiro atoms. The van der Waals surface area contributed by atoms with Crippen LogP contribution in [-0.2, 0) is 14.9 Å². The molecule has 0 radical (unpaired) electrons. The van der Waals surface area contributed by atoms with Crippen LogP contribution in [0.15, 0.2) is 23.1 Å². The molecule has 0 fully saturated rings. The molecule has 1 unspecified atom stereocenters. The van der Waals surface area contributed by atoms with Crippen molar-refractivity contribution >= 4 is 21.7 Å². The second kappa shape index (κ2) is 6.03. The van der Waals surface area contributed by atoms with Gasteiger partial charge >= 0.3 is 0 Å². The molecule has 19 heavy (non-hydrogen) atoms. The monoisotopic (exact) mass is 287 g/mol. The maximum atomic E-state index is 11.8. The van der Waals surface area contributed by atoms with Crippen LogP contribution in [0.5, 0.6) is 5.75 Å². The molecule has 2 N–H and O–H groups in total. The Labute approximate surface area is 112 Å². The fraction of sp³-hybridized carbons (Fsp3) is 0.417. The van der Waals surface area contributed by atoms with E-state index in [1.807, 2.05) is 6.92 Å². The highest BCUT2D eigenvalue weighted by atomic mass is 32.2. The van der Waals surface area contributed by atoms with E-state index in [1.54, 1.807) is 6.92 Å². The molecule has 0 saturated carbocycles. The van der Waals surface area contributed by atoms with Crippen LogP contribution in [0.2, 0.25) is 0 Å². The van der Waals surface area contributed by atoms with Gasteiger partial charge in [-0.15, -0.1) is 0 Å². The lowest BCUT2D eigenvalue weighted by atomic mass is 10.1. The zero-order chi connectivity index (χ0) is 14.6. The summed E-state index contributed by atoms with van der Waals surface area (Å²) in [6.07, 6.45) is 0.628. The minimum atomic E-state index is -4.44. The third-order valence-corrected chi connectivity index (χ3v) is 3.68. The number of methoxy groups -OCH3 is 1. The number of hydrogen-bond donors (Lipinski definition) is 2. The van der Waals surface area contributed by atoms with Crippen molar-refractivity contribution in [3.05, 3.63) is 18.2 Å². The first-order chi connectivity index (χ1) is 8.79. The summed E-state index contributed by atoms with van der Waals surface area (Å²) in [5.41, 5.74) is 0.0357. The van der Waals surface area contributed by atoms with E-state index < -0.39 is 10.1 Å². The maximum Gasteiger partial charge on any atom is 0.296 e. The summed E-state index contributed by atoms with van der Waals surface area (Å²) in [6.45, 7) is 3.58. The second-order valence-corrected chi connectivity index (χ2v) is 5.53. The van der Waals surface area contributed by atoms with Gasteiger partial charge in [-0.1, -0.05) is 13.8 Å². The Morgan fingerprint density at radius 3 is 2.58 bits per heavy atom. The SMILES string of the molecule is CCC(C)C(=O)Nc1ccc(OC)cc1S(=O)(=O)O. The van der Waals surface area contributed by atoms with Gasteiger partial charge in [-0.05, 0) is 18.6 Å². The number of anilines is 1. The summed E-state index contributed by atoms with van der Waals surface area (Å²) >= 11 is 0. The van der Waals surface area contributed by atoms with E-state index in [-0.39, 0.29) is 28.2 Å². The Hall–Kier alpha value is -1.60. The summed E-state index contributed by atoms with van der Waals surface area (Å²) in [7, 11) is -3.06. The van der Waals surface area contributed by atoms with E-state index in [4.69, 9.17) is 9.29 Å². The molecule has 0 aliphatic rings. The first-order valence-electron chi connectivity index (χ1n) is 5.76. The topological polar surface area (TPSA) is 92.7 Å². The van der Waals surface area contributed by atoms with E-state index in [9.17, 15) is 13.2 Å². The van der Waals surface area contributed by atoms with Crippen LogP contribution in [0, 0.1) is 5.92 Å². The number of carbonyl (C=O) groups excluding carboxylic acids is 1. The second-order valence-electron chi connectivity index (χ2n) is 4.14. The Kier molecular flexibility index (Phi) is 4.90. The van der Waals surface area contributed by atoms with Gasteiger partial charge in [-0.3, -0.25) is 9.35 Å². The van der Waals surface area contributed by atoms with Crippen molar-refractivity contribution in [2.24, 2.45) is 5.92 Å². The van der Waals surface area contributed by atoms with E-state index in [1.165, 1.54) is 19.2 Å². The molecule has 1 amide bonds. The Bertz CT molecular complexity index is 567. The van der Waals surface area contributed by atoms with Crippen LogP contribution < -0.4 is 10.1 Å². The molecule has 0 heterocycles. The summed E-state index contributed by atoms with van der Waals surface area (Å²) in [5.74, 6) is -0.289. The first-order valence-corrected chi connectivity index (χ1v) is 7.20. The lowest BCUT2D eigenvalue weighted by molar-refractivity contribution is -0.119. The molecule has 1 aromatic carbocycles. The van der Waals surface area contributed by atoms with Gasteiger partial charge in [-0.25, -0.2) is 0 Å². The van der Waals surface area contributed by atoms with E-state index in [0.717, 1.165) is 6.07 Å². The van der Waals surface area contributed by atoms with Gasteiger partial charge in [0.15, 0.2) is 0 Å². The Morgan fingerprint density at radius 1 is 1.47 bits per heavy atom. The highest BCUT2D eigenvalue weighted by molar-refractivity contribution is 7.86. The van der Waals surface area contributed by atoms with E-state index in [0.29, 0.717) is 6.42 Å². The van der Waals surface area contributed by atoms with Gasteiger partial charge in [0.2, 0.25) is 5.91 Å². The van der Waals surface area contributed by atoms with Crippen LogP contribution in [0.3, 0.4) is 0 Å². The average Bonchev–Trinajstić information content (AvgIpc) is 2.36. The summed E-state index contributed by atoms with van der Waals surface area (Å²) in [4.78, 5) is 11.4. The minimum Gasteiger partial charge on any atom is -0.497 e. The largest absolute Gasteiger partial charge is 0.497 e. The number of amides is 1. The van der Waals surface area contributed by atoms with Crippen LogP contribution in [0.4, 0.5) is 5.69 Å². The van der Waals surface area contributed by atoms with Gasteiger partial charge in [-0.2, -0.15) is 8.42 Å². The lowest BCUT2D eigenvalue weighted by Gasteiger charge is -2.13. The number of ether oxygens (including phenoxy) is 1. The molecule has 7 heteroatoms. The molecule has 6 nitrogen and oxygen atoms in total. The fourth-order valence-corrected chi connectivity index (χ4v) is 2.05. The quantitative estimate of drug-likeness (QED) is 0.807. The highest BCUT2D eigenvalue weighted by Crippen LogP contribution is 2.26. The van der Waals surface area contributed by atoms with Crippen molar-refractivity contribution in [3.63, 3.8) is 0 Å². The summed E-state index contributed by atoms with van der Waals surface area (Å²) in [6, 6.07) is 4.03. The third-order valence-electron chi connectivity index (χ3n) is 2.78. The predicted octanol–water partition coefficient (Wildman–Crippen LogP) is 1.93. The van der Waals surface area contributed by atoms with E-state index in [2.05, 4.69) is 5.32 Å². The molecule has 0 bridgehead atoms. The molecule has 1 aromatic rings. The van der Waals surface area contributed by atoms with Crippen molar-refractivity contribution in [3.8, 4) is 5.75 Å². The normalized spacial score (nSPS) is 12.8. The summed E-state index contributed by atoms with van der Waals surface area (Å²) in [5, 5.41) is 2.49. The Morgan fingerprint density at radius 2 is 2.11 bits per heavy atom.